The summed E-state index contributed by atoms with van der Waals surface area (Å²) in [6, 6.07) is 3.95. The van der Waals surface area contributed by atoms with Crippen LogP contribution in [-0.2, 0) is 4.74 Å². The summed E-state index contributed by atoms with van der Waals surface area (Å²) in [6.07, 6.45) is 0. The Kier molecular flexibility index (Phi) is 4.06. The van der Waals surface area contributed by atoms with Crippen LogP contribution in [0, 0.1) is 21.4 Å². The maximum atomic E-state index is 11.4. The number of nitrogens with zero attached hydrogens (tertiary/aromatic N) is 2. The van der Waals surface area contributed by atoms with E-state index in [9.17, 15) is 14.9 Å². The quantitative estimate of drug-likeness (QED) is 0.384. The zero-order valence-corrected chi connectivity index (χ0v) is 9.73. The van der Waals surface area contributed by atoms with Gasteiger partial charge in [-0.25, -0.2) is 4.79 Å². The van der Waals surface area contributed by atoms with Crippen LogP contribution in [0.2, 0.25) is 0 Å². The summed E-state index contributed by atoms with van der Waals surface area (Å²) in [5.41, 5.74) is -0.628. The van der Waals surface area contributed by atoms with Gasteiger partial charge < -0.3 is 4.74 Å². The summed E-state index contributed by atoms with van der Waals surface area (Å²) in [6.45, 7) is 1.78. The fourth-order valence-corrected chi connectivity index (χ4v) is 1.51. The number of rotatable bonds is 3. The van der Waals surface area contributed by atoms with Crippen molar-refractivity contribution in [2.75, 3.05) is 6.61 Å². The molecule has 1 aromatic rings. The predicted molar refractivity (Wildman–Crippen MR) is 61.0 cm³/mol. The molecular weight excluding hydrogens is 244 g/mol. The Morgan fingerprint density at radius 2 is 2.29 bits per heavy atom. The number of benzene rings is 1. The van der Waals surface area contributed by atoms with Gasteiger partial charge in [0, 0.05) is 11.0 Å². The summed E-state index contributed by atoms with van der Waals surface area (Å²) >= 11 is 3.94. The molecule has 7 heteroatoms. The van der Waals surface area contributed by atoms with Crippen molar-refractivity contribution in [2.45, 2.75) is 11.8 Å². The predicted octanol–water partition coefficient (Wildman–Crippen LogP) is 1.93. The number of thiol groups is 1. The monoisotopic (exact) mass is 252 g/mol. The van der Waals surface area contributed by atoms with Gasteiger partial charge in [-0.2, -0.15) is 5.26 Å². The van der Waals surface area contributed by atoms with Crippen LogP contribution in [-0.4, -0.2) is 17.5 Å². The molecule has 0 fully saturated rings. The zero-order chi connectivity index (χ0) is 13.0. The smallest absolute Gasteiger partial charge is 0.338 e. The van der Waals surface area contributed by atoms with Gasteiger partial charge in [0.25, 0.3) is 5.69 Å². The van der Waals surface area contributed by atoms with Crippen LogP contribution < -0.4 is 0 Å². The first-order valence-electron chi connectivity index (χ1n) is 4.59. The number of esters is 1. The van der Waals surface area contributed by atoms with Crippen molar-refractivity contribution in [1.82, 2.24) is 0 Å². The van der Waals surface area contributed by atoms with Crippen molar-refractivity contribution in [1.29, 1.82) is 5.26 Å². The SMILES string of the molecule is CCOC(=O)c1cc(S)c(C#N)c([N+](=O)[O-])c1. The molecule has 0 aliphatic carbocycles. The van der Waals surface area contributed by atoms with Gasteiger partial charge in [0.15, 0.2) is 0 Å². The van der Waals surface area contributed by atoms with E-state index < -0.39 is 16.6 Å². The van der Waals surface area contributed by atoms with E-state index >= 15 is 0 Å². The normalized spacial score (nSPS) is 9.47. The van der Waals surface area contributed by atoms with Crippen molar-refractivity contribution in [3.63, 3.8) is 0 Å². The highest BCUT2D eigenvalue weighted by atomic mass is 32.1. The number of hydrogen-bond donors (Lipinski definition) is 1. The fraction of sp³-hybridized carbons (Fsp3) is 0.200. The van der Waals surface area contributed by atoms with Crippen LogP contribution in [0.3, 0.4) is 0 Å². The molecule has 0 aromatic heterocycles. The summed E-state index contributed by atoms with van der Waals surface area (Å²) in [4.78, 5) is 21.5. The lowest BCUT2D eigenvalue weighted by Gasteiger charge is -2.04. The number of nitriles is 1. The van der Waals surface area contributed by atoms with Gasteiger partial charge >= 0.3 is 5.97 Å². The van der Waals surface area contributed by atoms with Crippen LogP contribution in [0.5, 0.6) is 0 Å². The zero-order valence-electron chi connectivity index (χ0n) is 8.84. The molecule has 17 heavy (non-hydrogen) atoms. The summed E-state index contributed by atoms with van der Waals surface area (Å²) in [5, 5.41) is 19.5. The molecule has 0 saturated carbocycles. The Morgan fingerprint density at radius 1 is 1.65 bits per heavy atom. The molecule has 0 aliphatic rings. The van der Waals surface area contributed by atoms with Crippen LogP contribution in [0.25, 0.3) is 0 Å². The van der Waals surface area contributed by atoms with Gasteiger partial charge in [-0.15, -0.1) is 12.6 Å². The van der Waals surface area contributed by atoms with Gasteiger partial charge in [-0.1, -0.05) is 0 Å². The van der Waals surface area contributed by atoms with E-state index in [1.807, 2.05) is 0 Å². The Hall–Kier alpha value is -2.07. The maximum Gasteiger partial charge on any atom is 0.338 e. The number of carbonyl (C=O) groups excluding carboxylic acids is 1. The molecule has 0 aliphatic heterocycles. The molecule has 1 aromatic carbocycles. The molecule has 0 heterocycles. The molecule has 0 N–H and O–H groups in total. The molecular formula is C10H8N2O4S. The second kappa shape index (κ2) is 5.32. The largest absolute Gasteiger partial charge is 0.462 e. The van der Waals surface area contributed by atoms with Crippen molar-refractivity contribution in [3.05, 3.63) is 33.4 Å². The lowest BCUT2D eigenvalue weighted by Crippen LogP contribution is -2.06. The van der Waals surface area contributed by atoms with Gasteiger partial charge in [-0.3, -0.25) is 10.1 Å². The average molecular weight is 252 g/mol. The molecule has 0 amide bonds. The first-order valence-corrected chi connectivity index (χ1v) is 5.04. The minimum absolute atomic E-state index is 0.00236. The van der Waals surface area contributed by atoms with E-state index in [4.69, 9.17) is 10.00 Å². The van der Waals surface area contributed by atoms with Crippen LogP contribution in [0.4, 0.5) is 5.69 Å². The van der Waals surface area contributed by atoms with E-state index in [0.29, 0.717) is 0 Å². The lowest BCUT2D eigenvalue weighted by molar-refractivity contribution is -0.385. The van der Waals surface area contributed by atoms with Crippen LogP contribution >= 0.6 is 12.6 Å². The highest BCUT2D eigenvalue weighted by Crippen LogP contribution is 2.26. The Balaban J connectivity index is 3.35. The van der Waals surface area contributed by atoms with Crippen molar-refractivity contribution < 1.29 is 14.5 Å². The Bertz CT molecular complexity index is 522. The van der Waals surface area contributed by atoms with Crippen LogP contribution in [0.1, 0.15) is 22.8 Å². The molecule has 6 nitrogen and oxygen atoms in total. The Morgan fingerprint density at radius 3 is 2.76 bits per heavy atom. The number of ether oxygens (including phenoxy) is 1. The van der Waals surface area contributed by atoms with Crippen LogP contribution in [0.15, 0.2) is 17.0 Å². The molecule has 0 radical (unpaired) electrons. The first kappa shape index (κ1) is 13.0. The molecule has 0 unspecified atom stereocenters. The topological polar surface area (TPSA) is 93.2 Å². The highest BCUT2D eigenvalue weighted by Gasteiger charge is 2.21. The molecule has 1 rings (SSSR count). The molecule has 0 saturated heterocycles. The van der Waals surface area contributed by atoms with E-state index in [1.54, 1.807) is 13.0 Å². The Labute approximate surface area is 102 Å². The third kappa shape index (κ3) is 2.73. The van der Waals surface area contributed by atoms with E-state index in [2.05, 4.69) is 12.6 Å². The summed E-state index contributed by atoms with van der Waals surface area (Å²) in [7, 11) is 0. The van der Waals surface area contributed by atoms with E-state index in [0.717, 1.165) is 6.07 Å². The molecule has 0 bridgehead atoms. The number of nitro benzene ring substituents is 1. The minimum Gasteiger partial charge on any atom is -0.462 e. The summed E-state index contributed by atoms with van der Waals surface area (Å²) < 4.78 is 4.71. The number of carbonyl (C=O) groups is 1. The third-order valence-corrected chi connectivity index (χ3v) is 2.27. The molecule has 0 spiro atoms. The van der Waals surface area contributed by atoms with E-state index in [1.165, 1.54) is 6.07 Å². The standard InChI is InChI=1S/C10H8N2O4S/c1-2-16-10(13)6-3-8(12(14)15)7(5-11)9(17)4-6/h3-4,17H,2H2,1H3. The third-order valence-electron chi connectivity index (χ3n) is 1.92. The van der Waals surface area contributed by atoms with Crippen molar-refractivity contribution >= 4 is 24.3 Å². The molecule has 88 valence electrons. The van der Waals surface area contributed by atoms with Gasteiger partial charge in [0.05, 0.1) is 17.1 Å². The number of hydrogen-bond acceptors (Lipinski definition) is 6. The highest BCUT2D eigenvalue weighted by molar-refractivity contribution is 7.80. The number of nitro groups is 1. The van der Waals surface area contributed by atoms with E-state index in [-0.39, 0.29) is 22.6 Å². The second-order valence-corrected chi connectivity index (χ2v) is 3.46. The van der Waals surface area contributed by atoms with Crippen molar-refractivity contribution in [3.8, 4) is 6.07 Å². The van der Waals surface area contributed by atoms with Crippen molar-refractivity contribution in [2.24, 2.45) is 0 Å². The first-order chi connectivity index (χ1) is 8.01. The van der Waals surface area contributed by atoms with Gasteiger partial charge in [-0.05, 0) is 13.0 Å². The van der Waals surface area contributed by atoms with Gasteiger partial charge in [0.2, 0.25) is 0 Å². The average Bonchev–Trinajstić information content (AvgIpc) is 2.28. The lowest BCUT2D eigenvalue weighted by atomic mass is 10.1. The second-order valence-electron chi connectivity index (χ2n) is 2.98. The fourth-order valence-electron chi connectivity index (χ4n) is 1.20. The maximum absolute atomic E-state index is 11.4. The minimum atomic E-state index is -0.735. The molecule has 0 atom stereocenters. The van der Waals surface area contributed by atoms with Gasteiger partial charge in [0.1, 0.15) is 11.6 Å². The summed E-state index contributed by atoms with van der Waals surface area (Å²) in [5.74, 6) is -0.685.